The summed E-state index contributed by atoms with van der Waals surface area (Å²) in [5.41, 5.74) is 6.34. The third-order valence-corrected chi connectivity index (χ3v) is 3.97. The SMILES string of the molecule is Nc1nc2c(nnn2[C@@H]2C[C@H](CO)[C@@H](O)[C@H]2O)c(=S)[nH]1. The van der Waals surface area contributed by atoms with Crippen LogP contribution < -0.4 is 5.73 Å². The van der Waals surface area contributed by atoms with Gasteiger partial charge in [-0.3, -0.25) is 0 Å². The molecule has 0 aliphatic heterocycles. The molecule has 20 heavy (non-hydrogen) atoms. The van der Waals surface area contributed by atoms with Gasteiger partial charge in [0.05, 0.1) is 12.1 Å². The van der Waals surface area contributed by atoms with E-state index in [1.807, 2.05) is 0 Å². The lowest BCUT2D eigenvalue weighted by atomic mass is 10.1. The lowest BCUT2D eigenvalue weighted by Crippen LogP contribution is -2.30. The first-order valence-electron chi connectivity index (χ1n) is 6.10. The highest BCUT2D eigenvalue weighted by Crippen LogP contribution is 2.35. The Morgan fingerprint density at radius 3 is 2.80 bits per heavy atom. The van der Waals surface area contributed by atoms with Crippen molar-refractivity contribution >= 4 is 29.3 Å². The van der Waals surface area contributed by atoms with Crippen molar-refractivity contribution in [3.63, 3.8) is 0 Å². The number of nitrogens with one attached hydrogen (secondary N) is 1. The summed E-state index contributed by atoms with van der Waals surface area (Å²) in [6.07, 6.45) is -1.71. The van der Waals surface area contributed by atoms with E-state index in [2.05, 4.69) is 20.3 Å². The second-order valence-corrected chi connectivity index (χ2v) is 5.29. The van der Waals surface area contributed by atoms with Gasteiger partial charge in [0.1, 0.15) is 10.7 Å². The fourth-order valence-corrected chi connectivity index (χ4v) is 2.84. The van der Waals surface area contributed by atoms with E-state index in [4.69, 9.17) is 18.0 Å². The third-order valence-electron chi connectivity index (χ3n) is 3.67. The largest absolute Gasteiger partial charge is 0.396 e. The Balaban J connectivity index is 2.09. The molecule has 1 aliphatic carbocycles. The Hall–Kier alpha value is -1.62. The zero-order valence-corrected chi connectivity index (χ0v) is 11.2. The molecule has 6 N–H and O–H groups in total. The van der Waals surface area contributed by atoms with Gasteiger partial charge in [0.2, 0.25) is 5.95 Å². The van der Waals surface area contributed by atoms with E-state index in [9.17, 15) is 15.3 Å². The van der Waals surface area contributed by atoms with E-state index >= 15 is 0 Å². The lowest BCUT2D eigenvalue weighted by molar-refractivity contribution is -0.00511. The number of aromatic nitrogens is 5. The Morgan fingerprint density at radius 2 is 2.15 bits per heavy atom. The lowest BCUT2D eigenvalue weighted by Gasteiger charge is -2.16. The van der Waals surface area contributed by atoms with Gasteiger partial charge in [-0.1, -0.05) is 17.4 Å². The normalized spacial score (nSPS) is 30.1. The molecule has 0 unspecified atom stereocenters. The van der Waals surface area contributed by atoms with Crippen LogP contribution >= 0.6 is 12.2 Å². The minimum absolute atomic E-state index is 0.123. The predicted molar refractivity (Wildman–Crippen MR) is 71.2 cm³/mol. The summed E-state index contributed by atoms with van der Waals surface area (Å²) in [5.74, 6) is -0.289. The molecule has 108 valence electrons. The van der Waals surface area contributed by atoms with Gasteiger partial charge >= 0.3 is 0 Å². The molecule has 0 bridgehead atoms. The number of fused-ring (bicyclic) bond motifs is 1. The number of hydrogen-bond donors (Lipinski definition) is 5. The minimum atomic E-state index is -1.06. The average Bonchev–Trinajstić information content (AvgIpc) is 2.93. The average molecular weight is 298 g/mol. The molecule has 0 amide bonds. The van der Waals surface area contributed by atoms with E-state index in [-0.39, 0.29) is 12.6 Å². The van der Waals surface area contributed by atoms with Crippen LogP contribution in [0, 0.1) is 10.6 Å². The zero-order valence-electron chi connectivity index (χ0n) is 10.3. The van der Waals surface area contributed by atoms with Crippen LogP contribution in [0.3, 0.4) is 0 Å². The Morgan fingerprint density at radius 1 is 1.40 bits per heavy atom. The Bertz CT molecular complexity index is 700. The molecule has 0 aromatic carbocycles. The fraction of sp³-hybridized carbons (Fsp3) is 0.600. The van der Waals surface area contributed by atoms with Crippen LogP contribution in [0.2, 0.25) is 0 Å². The first kappa shape index (κ1) is 13.4. The number of nitrogens with two attached hydrogens (primary N) is 1. The van der Waals surface area contributed by atoms with Crippen molar-refractivity contribution in [3.8, 4) is 0 Å². The van der Waals surface area contributed by atoms with E-state index in [0.717, 1.165) is 0 Å². The minimum Gasteiger partial charge on any atom is -0.396 e. The highest BCUT2D eigenvalue weighted by Gasteiger charge is 2.43. The number of anilines is 1. The molecule has 0 spiro atoms. The highest BCUT2D eigenvalue weighted by atomic mass is 32.1. The van der Waals surface area contributed by atoms with E-state index in [1.54, 1.807) is 0 Å². The van der Waals surface area contributed by atoms with Crippen LogP contribution in [0.25, 0.3) is 11.2 Å². The van der Waals surface area contributed by atoms with Crippen molar-refractivity contribution in [2.75, 3.05) is 12.3 Å². The van der Waals surface area contributed by atoms with Crippen molar-refractivity contribution < 1.29 is 15.3 Å². The van der Waals surface area contributed by atoms with Gasteiger partial charge in [-0.25, -0.2) is 4.68 Å². The maximum Gasteiger partial charge on any atom is 0.200 e. The van der Waals surface area contributed by atoms with Crippen LogP contribution in [0.5, 0.6) is 0 Å². The number of hydrogen-bond acceptors (Lipinski definition) is 8. The van der Waals surface area contributed by atoms with Gasteiger partial charge in [0, 0.05) is 12.5 Å². The number of rotatable bonds is 2. The van der Waals surface area contributed by atoms with Gasteiger partial charge in [-0.2, -0.15) is 4.98 Å². The third kappa shape index (κ3) is 1.88. The zero-order chi connectivity index (χ0) is 14.4. The van der Waals surface area contributed by atoms with Crippen LogP contribution in [-0.4, -0.2) is 59.1 Å². The number of nitrogen functional groups attached to an aromatic ring is 1. The molecule has 2 aromatic rings. The first-order valence-corrected chi connectivity index (χ1v) is 6.51. The summed E-state index contributed by atoms with van der Waals surface area (Å²) in [4.78, 5) is 6.76. The van der Waals surface area contributed by atoms with Gasteiger partial charge in [-0.05, 0) is 6.42 Å². The van der Waals surface area contributed by atoms with Crippen molar-refractivity contribution in [2.45, 2.75) is 24.7 Å². The molecule has 2 aromatic heterocycles. The monoisotopic (exact) mass is 298 g/mol. The van der Waals surface area contributed by atoms with Crippen molar-refractivity contribution in [1.82, 2.24) is 25.0 Å². The molecule has 0 saturated heterocycles. The second kappa shape index (κ2) is 4.74. The summed E-state index contributed by atoms with van der Waals surface area (Å²) in [6, 6.07) is -0.532. The van der Waals surface area contributed by atoms with Gasteiger partial charge < -0.3 is 26.0 Å². The van der Waals surface area contributed by atoms with Crippen LogP contribution in [0.4, 0.5) is 5.95 Å². The second-order valence-electron chi connectivity index (χ2n) is 4.88. The summed E-state index contributed by atoms with van der Waals surface area (Å²) < 4.78 is 1.71. The topological polar surface area (TPSA) is 146 Å². The molecular formula is C10H14N6O3S. The van der Waals surface area contributed by atoms with Crippen LogP contribution in [0.15, 0.2) is 0 Å². The molecule has 10 heteroatoms. The predicted octanol–water partition coefficient (Wildman–Crippen LogP) is -1.26. The Kier molecular flexibility index (Phi) is 3.17. The molecule has 9 nitrogen and oxygen atoms in total. The maximum absolute atomic E-state index is 10.1. The summed E-state index contributed by atoms with van der Waals surface area (Å²) in [6.45, 7) is -0.211. The summed E-state index contributed by atoms with van der Waals surface area (Å²) >= 11 is 5.08. The maximum atomic E-state index is 10.1. The number of aliphatic hydroxyl groups is 3. The van der Waals surface area contributed by atoms with Gasteiger partial charge in [0.15, 0.2) is 11.2 Å². The van der Waals surface area contributed by atoms with Gasteiger partial charge in [-0.15, -0.1) is 5.10 Å². The van der Waals surface area contributed by atoms with Gasteiger partial charge in [0.25, 0.3) is 0 Å². The molecule has 0 radical (unpaired) electrons. The highest BCUT2D eigenvalue weighted by molar-refractivity contribution is 7.71. The molecule has 1 aliphatic rings. The molecule has 1 saturated carbocycles. The smallest absolute Gasteiger partial charge is 0.200 e. The van der Waals surface area contributed by atoms with E-state index in [0.29, 0.717) is 22.2 Å². The number of aromatic amines is 1. The summed E-state index contributed by atoms with van der Waals surface area (Å²) in [5, 5.41) is 37.0. The Labute approximate surface area is 118 Å². The standard InChI is InChI=1S/C10H14N6O3S/c11-10-12-8-5(9(20)13-10)14-15-16(8)4-1-3(2-17)6(18)7(4)19/h3-4,6-7,17-19H,1-2H2,(H3,11,12,13,20)/t3-,4-,6-,7+/m1/s1. The molecular weight excluding hydrogens is 284 g/mol. The van der Waals surface area contributed by atoms with E-state index in [1.165, 1.54) is 4.68 Å². The van der Waals surface area contributed by atoms with Crippen molar-refractivity contribution in [3.05, 3.63) is 4.64 Å². The molecule has 2 heterocycles. The van der Waals surface area contributed by atoms with Crippen LogP contribution in [-0.2, 0) is 0 Å². The summed E-state index contributed by atoms with van der Waals surface area (Å²) in [7, 11) is 0. The molecule has 4 atom stereocenters. The molecule has 3 rings (SSSR count). The van der Waals surface area contributed by atoms with Crippen LogP contribution in [0.1, 0.15) is 12.5 Å². The van der Waals surface area contributed by atoms with Crippen molar-refractivity contribution in [1.29, 1.82) is 0 Å². The fourth-order valence-electron chi connectivity index (χ4n) is 2.60. The van der Waals surface area contributed by atoms with E-state index < -0.39 is 24.2 Å². The quantitative estimate of drug-likeness (QED) is 0.432. The van der Waals surface area contributed by atoms with Crippen molar-refractivity contribution in [2.24, 2.45) is 5.92 Å². The number of H-pyrrole nitrogens is 1. The first-order chi connectivity index (χ1) is 9.52. The number of nitrogens with zero attached hydrogens (tertiary/aromatic N) is 4. The molecule has 1 fully saturated rings. The number of aliphatic hydroxyl groups excluding tert-OH is 3.